The molecule has 1 aromatic carbocycles. The summed E-state index contributed by atoms with van der Waals surface area (Å²) >= 11 is 0. The molecule has 1 aromatic rings. The van der Waals surface area contributed by atoms with Crippen LogP contribution in [0.4, 0.5) is 5.69 Å². The Bertz CT molecular complexity index is 795. The first-order chi connectivity index (χ1) is 10.6. The smallest absolute Gasteiger partial charge is 0.259 e. The molecule has 2 aliphatic carbocycles. The number of piperidine rings is 1. The number of hydrogen-bond donors (Lipinski definition) is 1. The van der Waals surface area contributed by atoms with Crippen molar-refractivity contribution >= 4 is 29.0 Å². The van der Waals surface area contributed by atoms with Crippen molar-refractivity contribution in [2.75, 3.05) is 4.90 Å². The van der Waals surface area contributed by atoms with Crippen molar-refractivity contribution in [2.45, 2.75) is 31.2 Å². The molecule has 0 bridgehead atoms. The quantitative estimate of drug-likeness (QED) is 0.795. The summed E-state index contributed by atoms with van der Waals surface area (Å²) in [6.45, 7) is 0. The molecule has 2 heterocycles. The van der Waals surface area contributed by atoms with E-state index in [1.807, 2.05) is 12.1 Å². The maximum absolute atomic E-state index is 12.9. The third kappa shape index (κ3) is 1.41. The summed E-state index contributed by atoms with van der Waals surface area (Å²) in [5.74, 6) is 0.286. The van der Waals surface area contributed by atoms with E-state index < -0.39 is 6.04 Å². The Morgan fingerprint density at radius 3 is 2.86 bits per heavy atom. The van der Waals surface area contributed by atoms with Gasteiger partial charge in [0, 0.05) is 17.6 Å². The van der Waals surface area contributed by atoms with Crippen molar-refractivity contribution in [3.05, 3.63) is 35.4 Å². The molecule has 0 radical (unpaired) electrons. The van der Waals surface area contributed by atoms with Gasteiger partial charge < -0.3 is 0 Å². The number of allylic oxidation sites excluding steroid dienone is 1. The summed E-state index contributed by atoms with van der Waals surface area (Å²) in [4.78, 5) is 38.0. The molecule has 4 aliphatic rings. The minimum Gasteiger partial charge on any atom is -0.295 e. The van der Waals surface area contributed by atoms with Crippen LogP contribution in [0, 0.1) is 5.92 Å². The van der Waals surface area contributed by atoms with E-state index in [1.165, 1.54) is 5.56 Å². The molecule has 5 heteroatoms. The lowest BCUT2D eigenvalue weighted by Crippen LogP contribution is -2.53. The highest BCUT2D eigenvalue weighted by molar-refractivity contribution is 6.35. The van der Waals surface area contributed by atoms with Crippen LogP contribution in [0.3, 0.4) is 0 Å². The number of imide groups is 1. The fourth-order valence-electron chi connectivity index (χ4n) is 4.07. The van der Waals surface area contributed by atoms with Crippen molar-refractivity contribution in [2.24, 2.45) is 5.92 Å². The first kappa shape index (κ1) is 12.1. The summed E-state index contributed by atoms with van der Waals surface area (Å²) in [7, 11) is 0. The molecule has 1 N–H and O–H groups in total. The second kappa shape index (κ2) is 3.85. The summed E-state index contributed by atoms with van der Waals surface area (Å²) in [6.07, 6.45) is 3.86. The van der Waals surface area contributed by atoms with Gasteiger partial charge in [-0.1, -0.05) is 18.2 Å². The normalized spacial score (nSPS) is 31.5. The highest BCUT2D eigenvalue weighted by Crippen LogP contribution is 2.58. The average Bonchev–Trinajstić information content (AvgIpc) is 3.23. The van der Waals surface area contributed by atoms with Gasteiger partial charge in [-0.2, -0.15) is 0 Å². The number of nitrogens with one attached hydrogen (secondary N) is 1. The third-order valence-electron chi connectivity index (χ3n) is 5.19. The predicted molar refractivity (Wildman–Crippen MR) is 78.9 cm³/mol. The van der Waals surface area contributed by atoms with Gasteiger partial charge in [0.05, 0.1) is 5.69 Å². The Hall–Kier alpha value is -2.43. The summed E-state index contributed by atoms with van der Waals surface area (Å²) in [6, 6.07) is 5.38. The Labute approximate surface area is 127 Å². The van der Waals surface area contributed by atoms with E-state index in [9.17, 15) is 14.4 Å². The van der Waals surface area contributed by atoms with Gasteiger partial charge >= 0.3 is 0 Å². The molecule has 2 aliphatic heterocycles. The second-order valence-electron chi connectivity index (χ2n) is 6.47. The van der Waals surface area contributed by atoms with Crippen LogP contribution in [-0.2, 0) is 14.4 Å². The van der Waals surface area contributed by atoms with Crippen LogP contribution in [0.1, 0.15) is 36.3 Å². The molecular formula is C17H14N2O3. The number of benzene rings is 1. The van der Waals surface area contributed by atoms with E-state index in [0.29, 0.717) is 18.3 Å². The Balaban J connectivity index is 1.64. The number of fused-ring (bicyclic) bond motifs is 2. The molecule has 0 aromatic heterocycles. The van der Waals surface area contributed by atoms with Gasteiger partial charge in [0.1, 0.15) is 6.04 Å². The van der Waals surface area contributed by atoms with Crippen LogP contribution < -0.4 is 10.2 Å². The fraction of sp³-hybridized carbons (Fsp3) is 0.353. The number of nitrogens with zero attached hydrogens (tertiary/aromatic N) is 1. The van der Waals surface area contributed by atoms with Crippen molar-refractivity contribution in [3.8, 4) is 0 Å². The van der Waals surface area contributed by atoms with E-state index in [2.05, 4.69) is 17.5 Å². The Kier molecular flexibility index (Phi) is 2.13. The topological polar surface area (TPSA) is 66.5 Å². The summed E-state index contributed by atoms with van der Waals surface area (Å²) in [5, 5.41) is 2.35. The fourth-order valence-corrected chi connectivity index (χ4v) is 4.07. The highest BCUT2D eigenvalue weighted by atomic mass is 16.2. The van der Waals surface area contributed by atoms with Crippen LogP contribution in [0.5, 0.6) is 0 Å². The van der Waals surface area contributed by atoms with E-state index in [-0.39, 0.29) is 24.1 Å². The zero-order chi connectivity index (χ0) is 15.0. The van der Waals surface area contributed by atoms with E-state index in [4.69, 9.17) is 0 Å². The van der Waals surface area contributed by atoms with Crippen LogP contribution >= 0.6 is 0 Å². The van der Waals surface area contributed by atoms with E-state index in [1.54, 1.807) is 4.90 Å². The van der Waals surface area contributed by atoms with Gasteiger partial charge in [-0.05, 0) is 36.3 Å². The SMILES string of the molecule is O=C1CCC(N2C(=O)C3=CC4CC4c4cccc2c43)C(=O)N1. The molecule has 22 heavy (non-hydrogen) atoms. The van der Waals surface area contributed by atoms with Crippen LogP contribution in [0.15, 0.2) is 24.3 Å². The van der Waals surface area contributed by atoms with Gasteiger partial charge in [-0.3, -0.25) is 24.6 Å². The zero-order valence-corrected chi connectivity index (χ0v) is 11.8. The largest absolute Gasteiger partial charge is 0.295 e. The first-order valence-corrected chi connectivity index (χ1v) is 7.67. The van der Waals surface area contributed by atoms with Crippen LogP contribution in [-0.4, -0.2) is 23.8 Å². The molecule has 3 unspecified atom stereocenters. The van der Waals surface area contributed by atoms with Gasteiger partial charge in [-0.15, -0.1) is 0 Å². The van der Waals surface area contributed by atoms with Crippen molar-refractivity contribution in [1.29, 1.82) is 0 Å². The van der Waals surface area contributed by atoms with Gasteiger partial charge in [0.25, 0.3) is 5.91 Å². The van der Waals surface area contributed by atoms with E-state index in [0.717, 1.165) is 23.2 Å². The predicted octanol–water partition coefficient (Wildman–Crippen LogP) is 1.34. The Morgan fingerprint density at radius 2 is 2.05 bits per heavy atom. The molecule has 0 spiro atoms. The molecule has 1 saturated heterocycles. The van der Waals surface area contributed by atoms with E-state index >= 15 is 0 Å². The molecular weight excluding hydrogens is 280 g/mol. The van der Waals surface area contributed by atoms with Crippen molar-refractivity contribution in [1.82, 2.24) is 5.32 Å². The van der Waals surface area contributed by atoms with Crippen molar-refractivity contribution in [3.63, 3.8) is 0 Å². The monoisotopic (exact) mass is 294 g/mol. The molecule has 5 nitrogen and oxygen atoms in total. The molecule has 5 rings (SSSR count). The number of hydrogen-bond acceptors (Lipinski definition) is 3. The average molecular weight is 294 g/mol. The van der Waals surface area contributed by atoms with Crippen LogP contribution in [0.2, 0.25) is 0 Å². The van der Waals surface area contributed by atoms with Gasteiger partial charge in [0.2, 0.25) is 11.8 Å². The number of carbonyl (C=O) groups is 3. The number of carbonyl (C=O) groups excluding carboxylic acids is 3. The molecule has 110 valence electrons. The Morgan fingerprint density at radius 1 is 1.18 bits per heavy atom. The van der Waals surface area contributed by atoms with Gasteiger partial charge in [-0.25, -0.2) is 0 Å². The minimum absolute atomic E-state index is 0.0951. The number of anilines is 1. The number of rotatable bonds is 1. The summed E-state index contributed by atoms with van der Waals surface area (Å²) < 4.78 is 0. The maximum Gasteiger partial charge on any atom is 0.259 e. The molecule has 3 amide bonds. The highest BCUT2D eigenvalue weighted by Gasteiger charge is 2.50. The molecule has 2 fully saturated rings. The lowest BCUT2D eigenvalue weighted by Gasteiger charge is -2.29. The van der Waals surface area contributed by atoms with Gasteiger partial charge in [0.15, 0.2) is 0 Å². The molecule has 3 atom stereocenters. The minimum atomic E-state index is -0.584. The lowest BCUT2D eigenvalue weighted by molar-refractivity contribution is -0.135. The third-order valence-corrected chi connectivity index (χ3v) is 5.19. The summed E-state index contributed by atoms with van der Waals surface area (Å²) in [5.41, 5.74) is 3.82. The molecule has 1 saturated carbocycles. The zero-order valence-electron chi connectivity index (χ0n) is 11.8. The van der Waals surface area contributed by atoms with Crippen LogP contribution in [0.25, 0.3) is 5.57 Å². The van der Waals surface area contributed by atoms with Crippen molar-refractivity contribution < 1.29 is 14.4 Å². The second-order valence-corrected chi connectivity index (χ2v) is 6.47. The first-order valence-electron chi connectivity index (χ1n) is 7.67. The number of amides is 3. The maximum atomic E-state index is 12.9. The standard InChI is InChI=1S/C17H14N2O3/c20-14-5-4-13(16(21)18-14)19-12-3-1-2-9-10-6-8(10)7-11(15(9)12)17(19)22/h1-3,7-8,10,13H,4-6H2,(H,18,20,21). The lowest BCUT2D eigenvalue weighted by atomic mass is 9.91.